The Morgan fingerprint density at radius 1 is 1.06 bits per heavy atom. The first-order valence-corrected chi connectivity index (χ1v) is 7.09. The molecule has 0 aromatic heterocycles. The van der Waals surface area contributed by atoms with Gasteiger partial charge in [-0.15, -0.1) is 0 Å². The molecule has 2 aliphatic rings. The van der Waals surface area contributed by atoms with E-state index < -0.39 is 10.0 Å². The SMILES string of the molecule is O=S(=O)(c1ccc2c(c1)OCO2)N1CCOCC1. The van der Waals surface area contributed by atoms with Gasteiger partial charge < -0.3 is 14.2 Å². The molecule has 1 aromatic rings. The van der Waals surface area contributed by atoms with E-state index in [0.717, 1.165) is 0 Å². The third kappa shape index (κ3) is 1.94. The van der Waals surface area contributed by atoms with Crippen LogP contribution in [0.15, 0.2) is 23.1 Å². The Kier molecular flexibility index (Phi) is 2.89. The van der Waals surface area contributed by atoms with Gasteiger partial charge in [0, 0.05) is 19.2 Å². The average molecular weight is 271 g/mol. The van der Waals surface area contributed by atoms with Gasteiger partial charge in [-0.3, -0.25) is 0 Å². The maximum Gasteiger partial charge on any atom is 0.243 e. The van der Waals surface area contributed by atoms with Crippen molar-refractivity contribution in [2.45, 2.75) is 4.90 Å². The van der Waals surface area contributed by atoms with Gasteiger partial charge in [0.15, 0.2) is 11.5 Å². The second-order valence-corrected chi connectivity index (χ2v) is 5.97. The molecule has 0 bridgehead atoms. The van der Waals surface area contributed by atoms with Gasteiger partial charge >= 0.3 is 0 Å². The Morgan fingerprint density at radius 2 is 1.78 bits per heavy atom. The molecule has 2 aliphatic heterocycles. The topological polar surface area (TPSA) is 65.1 Å². The van der Waals surface area contributed by atoms with Crippen molar-refractivity contribution in [2.24, 2.45) is 0 Å². The van der Waals surface area contributed by atoms with Crippen molar-refractivity contribution in [2.75, 3.05) is 33.1 Å². The van der Waals surface area contributed by atoms with E-state index in [2.05, 4.69) is 0 Å². The number of nitrogens with zero attached hydrogens (tertiary/aromatic N) is 1. The first-order valence-electron chi connectivity index (χ1n) is 5.65. The number of rotatable bonds is 2. The van der Waals surface area contributed by atoms with Gasteiger partial charge in [-0.1, -0.05) is 0 Å². The maximum absolute atomic E-state index is 12.4. The zero-order valence-corrected chi connectivity index (χ0v) is 10.5. The van der Waals surface area contributed by atoms with E-state index in [9.17, 15) is 8.42 Å². The highest BCUT2D eigenvalue weighted by atomic mass is 32.2. The summed E-state index contributed by atoms with van der Waals surface area (Å²) in [4.78, 5) is 0.230. The Hall–Kier alpha value is -1.31. The first kappa shape index (κ1) is 11.8. The maximum atomic E-state index is 12.4. The van der Waals surface area contributed by atoms with Crippen LogP contribution in [0.1, 0.15) is 0 Å². The van der Waals surface area contributed by atoms with E-state index in [1.807, 2.05) is 0 Å². The van der Waals surface area contributed by atoms with Crippen LogP contribution in [0.25, 0.3) is 0 Å². The first-order chi connectivity index (χ1) is 8.68. The van der Waals surface area contributed by atoms with Crippen LogP contribution in [0.4, 0.5) is 0 Å². The van der Waals surface area contributed by atoms with Gasteiger partial charge in [-0.05, 0) is 12.1 Å². The fourth-order valence-electron chi connectivity index (χ4n) is 1.97. The average Bonchev–Trinajstić information content (AvgIpc) is 2.87. The van der Waals surface area contributed by atoms with Crippen molar-refractivity contribution in [1.82, 2.24) is 4.31 Å². The Bertz CT molecular complexity index is 551. The molecule has 0 saturated carbocycles. The summed E-state index contributed by atoms with van der Waals surface area (Å²) in [7, 11) is -3.47. The zero-order chi connectivity index (χ0) is 12.6. The summed E-state index contributed by atoms with van der Waals surface area (Å²) in [5.74, 6) is 1.06. The van der Waals surface area contributed by atoms with E-state index >= 15 is 0 Å². The van der Waals surface area contributed by atoms with E-state index in [-0.39, 0.29) is 11.7 Å². The van der Waals surface area contributed by atoms with Crippen molar-refractivity contribution >= 4 is 10.0 Å². The van der Waals surface area contributed by atoms with Crippen molar-refractivity contribution < 1.29 is 22.6 Å². The quantitative estimate of drug-likeness (QED) is 0.780. The number of ether oxygens (including phenoxy) is 3. The van der Waals surface area contributed by atoms with Gasteiger partial charge in [0.1, 0.15) is 0 Å². The highest BCUT2D eigenvalue weighted by molar-refractivity contribution is 7.89. The third-order valence-corrected chi connectivity index (χ3v) is 4.85. The lowest BCUT2D eigenvalue weighted by molar-refractivity contribution is 0.0730. The highest BCUT2D eigenvalue weighted by Gasteiger charge is 2.28. The molecule has 7 heteroatoms. The van der Waals surface area contributed by atoms with Gasteiger partial charge in [-0.2, -0.15) is 4.31 Å². The molecule has 1 aromatic carbocycles. The predicted molar refractivity (Wildman–Crippen MR) is 62.1 cm³/mol. The Balaban J connectivity index is 1.93. The van der Waals surface area contributed by atoms with E-state index in [1.165, 1.54) is 16.4 Å². The van der Waals surface area contributed by atoms with Crippen LogP contribution in [-0.2, 0) is 14.8 Å². The molecule has 98 valence electrons. The molecular formula is C11H13NO5S. The summed E-state index contributed by atoms with van der Waals surface area (Å²) in [6.07, 6.45) is 0. The fraction of sp³-hybridized carbons (Fsp3) is 0.455. The molecule has 0 amide bonds. The lowest BCUT2D eigenvalue weighted by Crippen LogP contribution is -2.40. The Morgan fingerprint density at radius 3 is 2.56 bits per heavy atom. The summed E-state index contributed by atoms with van der Waals surface area (Å²) in [5, 5.41) is 0. The number of morpholine rings is 1. The van der Waals surface area contributed by atoms with Crippen LogP contribution in [0.5, 0.6) is 11.5 Å². The molecule has 0 aliphatic carbocycles. The largest absolute Gasteiger partial charge is 0.454 e. The van der Waals surface area contributed by atoms with E-state index in [0.29, 0.717) is 37.8 Å². The molecule has 0 N–H and O–H groups in total. The summed E-state index contributed by atoms with van der Waals surface area (Å²) in [6.45, 7) is 1.78. The predicted octanol–water partition coefficient (Wildman–Crippen LogP) is 0.436. The van der Waals surface area contributed by atoms with Gasteiger partial charge in [0.25, 0.3) is 0 Å². The standard InChI is InChI=1S/C11H13NO5S/c13-18(14,12-3-5-15-6-4-12)9-1-2-10-11(7-9)17-8-16-10/h1-2,7H,3-6,8H2. The molecular weight excluding hydrogens is 258 g/mol. The minimum absolute atomic E-state index is 0.135. The van der Waals surface area contributed by atoms with Crippen molar-refractivity contribution in [3.8, 4) is 11.5 Å². The summed E-state index contributed by atoms with van der Waals surface area (Å²) >= 11 is 0. The van der Waals surface area contributed by atoms with Crippen LogP contribution >= 0.6 is 0 Å². The normalized spacial score (nSPS) is 20.0. The molecule has 18 heavy (non-hydrogen) atoms. The molecule has 3 rings (SSSR count). The van der Waals surface area contributed by atoms with Gasteiger partial charge in [0.2, 0.25) is 16.8 Å². The van der Waals surface area contributed by atoms with Crippen molar-refractivity contribution in [3.05, 3.63) is 18.2 Å². The van der Waals surface area contributed by atoms with Crippen LogP contribution in [-0.4, -0.2) is 45.8 Å². The second-order valence-electron chi connectivity index (χ2n) is 4.03. The molecule has 6 nitrogen and oxygen atoms in total. The smallest absolute Gasteiger partial charge is 0.243 e. The van der Waals surface area contributed by atoms with Crippen LogP contribution < -0.4 is 9.47 Å². The molecule has 0 atom stereocenters. The molecule has 0 spiro atoms. The fourth-order valence-corrected chi connectivity index (χ4v) is 3.40. The lowest BCUT2D eigenvalue weighted by Gasteiger charge is -2.26. The molecule has 1 fully saturated rings. The summed E-state index contributed by atoms with van der Waals surface area (Å²) in [6, 6.07) is 4.67. The van der Waals surface area contributed by atoms with Gasteiger partial charge in [0.05, 0.1) is 18.1 Å². The Labute approximate surface area is 105 Å². The lowest BCUT2D eigenvalue weighted by atomic mass is 10.3. The highest BCUT2D eigenvalue weighted by Crippen LogP contribution is 2.34. The number of fused-ring (bicyclic) bond motifs is 1. The van der Waals surface area contributed by atoms with Crippen LogP contribution in [0, 0.1) is 0 Å². The van der Waals surface area contributed by atoms with Crippen LogP contribution in [0.2, 0.25) is 0 Å². The number of sulfonamides is 1. The number of hydrogen-bond donors (Lipinski definition) is 0. The molecule has 0 unspecified atom stereocenters. The van der Waals surface area contributed by atoms with E-state index in [4.69, 9.17) is 14.2 Å². The monoisotopic (exact) mass is 271 g/mol. The minimum atomic E-state index is -3.47. The number of benzene rings is 1. The van der Waals surface area contributed by atoms with Crippen LogP contribution in [0.3, 0.4) is 0 Å². The van der Waals surface area contributed by atoms with E-state index in [1.54, 1.807) is 6.07 Å². The molecule has 0 radical (unpaired) electrons. The summed E-state index contributed by atoms with van der Waals surface area (Å²) in [5.41, 5.74) is 0. The zero-order valence-electron chi connectivity index (χ0n) is 9.66. The second kappa shape index (κ2) is 4.42. The molecule has 1 saturated heterocycles. The number of hydrogen-bond acceptors (Lipinski definition) is 5. The molecule has 2 heterocycles. The van der Waals surface area contributed by atoms with Crippen molar-refractivity contribution in [1.29, 1.82) is 0 Å². The third-order valence-electron chi connectivity index (χ3n) is 2.95. The van der Waals surface area contributed by atoms with Crippen molar-refractivity contribution in [3.63, 3.8) is 0 Å². The summed E-state index contributed by atoms with van der Waals surface area (Å²) < 4.78 is 41.7. The minimum Gasteiger partial charge on any atom is -0.454 e. The van der Waals surface area contributed by atoms with Gasteiger partial charge in [-0.25, -0.2) is 8.42 Å².